The minimum atomic E-state index is -1.42. The first-order valence-electron chi connectivity index (χ1n) is 4.57. The van der Waals surface area contributed by atoms with Crippen LogP contribution in [0.5, 0.6) is 0 Å². The largest absolute Gasteiger partial charge is 0.366 e. The van der Waals surface area contributed by atoms with Gasteiger partial charge in [-0.1, -0.05) is 0 Å². The van der Waals surface area contributed by atoms with Gasteiger partial charge in [0.1, 0.15) is 5.78 Å². The third-order valence-electron chi connectivity index (χ3n) is 1.51. The van der Waals surface area contributed by atoms with Gasteiger partial charge in [-0.25, -0.2) is 5.48 Å². The van der Waals surface area contributed by atoms with E-state index in [0.29, 0.717) is 0 Å². The number of hydroxylamine groups is 1. The average Bonchev–Trinajstić information content (AvgIpc) is 1.99. The van der Waals surface area contributed by atoms with E-state index in [1.807, 2.05) is 0 Å². The monoisotopic (exact) mass is 219 g/mol. The normalized spacial score (nSPS) is 13.4. The van der Waals surface area contributed by atoms with Crippen molar-refractivity contribution in [2.75, 3.05) is 0 Å². The van der Waals surface area contributed by atoms with Crippen molar-refractivity contribution in [3.63, 3.8) is 0 Å². The van der Waals surface area contributed by atoms with Crippen molar-refractivity contribution >= 4 is 11.7 Å². The molecule has 0 heterocycles. The Bertz CT molecular complexity index is 233. The summed E-state index contributed by atoms with van der Waals surface area (Å²) in [6.45, 7) is 4.16. The Kier molecular flexibility index (Phi) is 5.41. The third kappa shape index (κ3) is 8.04. The highest BCUT2D eigenvalue weighted by Crippen LogP contribution is 2.14. The molecule has 0 spiro atoms. The van der Waals surface area contributed by atoms with Gasteiger partial charge in [-0.2, -0.15) is 0 Å². The molecule has 3 N–H and O–H groups in total. The van der Waals surface area contributed by atoms with E-state index < -0.39 is 17.8 Å². The van der Waals surface area contributed by atoms with Crippen LogP contribution in [0.3, 0.4) is 0 Å². The minimum absolute atomic E-state index is 0.0113. The molecule has 1 amide bonds. The SMILES string of the molecule is CC(=O)CC(CC(=O)NO)OC(C)(C)O. The Balaban J connectivity index is 4.31. The number of ether oxygens (including phenoxy) is 1. The van der Waals surface area contributed by atoms with Gasteiger partial charge in [0.2, 0.25) is 5.91 Å². The van der Waals surface area contributed by atoms with Crippen LogP contribution in [0.2, 0.25) is 0 Å². The summed E-state index contributed by atoms with van der Waals surface area (Å²) in [5, 5.41) is 17.7. The van der Waals surface area contributed by atoms with E-state index in [4.69, 9.17) is 9.94 Å². The van der Waals surface area contributed by atoms with E-state index in [1.54, 1.807) is 0 Å². The van der Waals surface area contributed by atoms with Crippen molar-refractivity contribution in [1.29, 1.82) is 0 Å². The molecule has 15 heavy (non-hydrogen) atoms. The zero-order valence-corrected chi connectivity index (χ0v) is 9.11. The molecule has 0 rings (SSSR count). The molecular weight excluding hydrogens is 202 g/mol. The fourth-order valence-electron chi connectivity index (χ4n) is 1.14. The van der Waals surface area contributed by atoms with Crippen LogP contribution in [0.4, 0.5) is 0 Å². The van der Waals surface area contributed by atoms with Crippen LogP contribution < -0.4 is 5.48 Å². The zero-order valence-electron chi connectivity index (χ0n) is 9.11. The summed E-state index contributed by atoms with van der Waals surface area (Å²) in [5.74, 6) is -2.24. The number of hydrogen-bond acceptors (Lipinski definition) is 5. The highest BCUT2D eigenvalue weighted by atomic mass is 16.6. The quantitative estimate of drug-likeness (QED) is 0.331. The molecule has 0 bridgehead atoms. The first kappa shape index (κ1) is 14.0. The second kappa shape index (κ2) is 5.79. The maximum absolute atomic E-state index is 10.9. The number of ketones is 1. The molecule has 1 atom stereocenters. The van der Waals surface area contributed by atoms with E-state index in [2.05, 4.69) is 0 Å². The standard InChI is InChI=1S/C9H17NO5/c1-6(11)4-7(5-8(12)10-14)15-9(2,3)13/h7,13-14H,4-5H2,1-3H3,(H,10,12). The van der Waals surface area contributed by atoms with Crippen molar-refractivity contribution in [2.45, 2.75) is 45.5 Å². The second-order valence-corrected chi connectivity index (χ2v) is 3.83. The molecule has 0 aliphatic carbocycles. The summed E-state index contributed by atoms with van der Waals surface area (Å²) in [7, 11) is 0. The highest BCUT2D eigenvalue weighted by Gasteiger charge is 2.23. The fraction of sp³-hybridized carbons (Fsp3) is 0.778. The Morgan fingerprint density at radius 2 is 1.93 bits per heavy atom. The van der Waals surface area contributed by atoms with Gasteiger partial charge in [0.15, 0.2) is 5.79 Å². The van der Waals surface area contributed by atoms with Crippen molar-refractivity contribution in [3.05, 3.63) is 0 Å². The van der Waals surface area contributed by atoms with Crippen LogP contribution in [0.1, 0.15) is 33.6 Å². The molecular formula is C9H17NO5. The van der Waals surface area contributed by atoms with Crippen molar-refractivity contribution in [2.24, 2.45) is 0 Å². The van der Waals surface area contributed by atoms with Gasteiger partial charge in [0.05, 0.1) is 12.5 Å². The van der Waals surface area contributed by atoms with E-state index in [0.717, 1.165) is 0 Å². The van der Waals surface area contributed by atoms with E-state index in [-0.39, 0.29) is 18.6 Å². The number of carbonyl (C=O) groups is 2. The lowest BCUT2D eigenvalue weighted by molar-refractivity contribution is -0.207. The Morgan fingerprint density at radius 3 is 2.27 bits per heavy atom. The highest BCUT2D eigenvalue weighted by molar-refractivity contribution is 5.79. The average molecular weight is 219 g/mol. The number of Topliss-reactive ketones (excluding diaryl/α,β-unsaturated/α-hetero) is 1. The van der Waals surface area contributed by atoms with E-state index in [1.165, 1.54) is 26.3 Å². The Hall–Kier alpha value is -0.980. The molecule has 0 aromatic carbocycles. The molecule has 6 nitrogen and oxygen atoms in total. The number of amides is 1. The predicted molar refractivity (Wildman–Crippen MR) is 51.0 cm³/mol. The second-order valence-electron chi connectivity index (χ2n) is 3.83. The lowest BCUT2D eigenvalue weighted by Gasteiger charge is -2.25. The number of carbonyl (C=O) groups excluding carboxylic acids is 2. The van der Waals surface area contributed by atoms with Crippen molar-refractivity contribution in [3.8, 4) is 0 Å². The summed E-state index contributed by atoms with van der Waals surface area (Å²) in [5.41, 5.74) is 1.44. The van der Waals surface area contributed by atoms with Crippen LogP contribution >= 0.6 is 0 Å². The van der Waals surface area contributed by atoms with Crippen LogP contribution in [0, 0.1) is 0 Å². The fourth-order valence-corrected chi connectivity index (χ4v) is 1.14. The Labute approximate surface area is 88.2 Å². The van der Waals surface area contributed by atoms with Crippen molar-refractivity contribution < 1.29 is 24.6 Å². The molecule has 6 heteroatoms. The number of aliphatic hydroxyl groups is 1. The summed E-state index contributed by atoms with van der Waals surface area (Å²) < 4.78 is 5.08. The predicted octanol–water partition coefficient (Wildman–Crippen LogP) is -0.0254. The van der Waals surface area contributed by atoms with Gasteiger partial charge in [-0.3, -0.25) is 14.8 Å². The lowest BCUT2D eigenvalue weighted by Crippen LogP contribution is -2.35. The summed E-state index contributed by atoms with van der Waals surface area (Å²) in [4.78, 5) is 21.7. The molecule has 0 aliphatic rings. The van der Waals surface area contributed by atoms with Gasteiger partial charge in [-0.15, -0.1) is 0 Å². The smallest absolute Gasteiger partial charge is 0.245 e. The number of rotatable bonds is 6. The first-order chi connectivity index (χ1) is 6.74. The number of hydrogen-bond donors (Lipinski definition) is 3. The van der Waals surface area contributed by atoms with Gasteiger partial charge < -0.3 is 9.84 Å². The van der Waals surface area contributed by atoms with Crippen LogP contribution in [0.25, 0.3) is 0 Å². The molecule has 88 valence electrons. The maximum Gasteiger partial charge on any atom is 0.245 e. The molecule has 0 aromatic heterocycles. The van der Waals surface area contributed by atoms with Crippen LogP contribution in [-0.4, -0.2) is 33.9 Å². The molecule has 0 aromatic rings. The topological polar surface area (TPSA) is 95.9 Å². The van der Waals surface area contributed by atoms with Crippen LogP contribution in [-0.2, 0) is 14.3 Å². The molecule has 1 unspecified atom stereocenters. The summed E-state index contributed by atoms with van der Waals surface area (Å²) in [6.07, 6.45) is -0.910. The van der Waals surface area contributed by atoms with E-state index >= 15 is 0 Å². The molecule has 0 radical (unpaired) electrons. The summed E-state index contributed by atoms with van der Waals surface area (Å²) >= 11 is 0. The van der Waals surface area contributed by atoms with Gasteiger partial charge in [-0.05, 0) is 20.8 Å². The van der Waals surface area contributed by atoms with Gasteiger partial charge in [0.25, 0.3) is 0 Å². The van der Waals surface area contributed by atoms with Crippen molar-refractivity contribution in [1.82, 2.24) is 5.48 Å². The third-order valence-corrected chi connectivity index (χ3v) is 1.51. The van der Waals surface area contributed by atoms with Crippen LogP contribution in [0.15, 0.2) is 0 Å². The molecule has 0 fully saturated rings. The molecule has 0 saturated heterocycles. The first-order valence-corrected chi connectivity index (χ1v) is 4.57. The summed E-state index contributed by atoms with van der Waals surface area (Å²) in [6, 6.07) is 0. The zero-order chi connectivity index (χ0) is 12.1. The van der Waals surface area contributed by atoms with E-state index in [9.17, 15) is 14.7 Å². The maximum atomic E-state index is 10.9. The molecule has 0 saturated carbocycles. The lowest BCUT2D eigenvalue weighted by atomic mass is 10.1. The van der Waals surface area contributed by atoms with Gasteiger partial charge in [0, 0.05) is 6.42 Å². The minimum Gasteiger partial charge on any atom is -0.366 e. The van der Waals surface area contributed by atoms with Gasteiger partial charge >= 0.3 is 0 Å². The Morgan fingerprint density at radius 1 is 1.40 bits per heavy atom. The molecule has 0 aliphatic heterocycles. The number of nitrogens with one attached hydrogen (secondary N) is 1.